The number of fused-ring (bicyclic) bond motifs is 1. The van der Waals surface area contributed by atoms with Crippen LogP contribution in [0.2, 0.25) is 0 Å². The van der Waals surface area contributed by atoms with Gasteiger partial charge in [-0.15, -0.1) is 0 Å². The van der Waals surface area contributed by atoms with Gasteiger partial charge < -0.3 is 29.6 Å². The number of ether oxygens (including phenoxy) is 4. The van der Waals surface area contributed by atoms with Gasteiger partial charge in [0, 0.05) is 13.0 Å². The molecule has 8 nitrogen and oxygen atoms in total. The summed E-state index contributed by atoms with van der Waals surface area (Å²) in [4.78, 5) is 25.1. The van der Waals surface area contributed by atoms with Gasteiger partial charge in [0.25, 0.3) is 0 Å². The number of anilines is 1. The van der Waals surface area contributed by atoms with Gasteiger partial charge >= 0.3 is 0 Å². The first-order valence-corrected chi connectivity index (χ1v) is 10.9. The molecule has 0 bridgehead atoms. The number of hydrogen-bond acceptors (Lipinski definition) is 6. The Hall–Kier alpha value is -3.42. The van der Waals surface area contributed by atoms with E-state index in [1.165, 1.54) is 0 Å². The second-order valence-electron chi connectivity index (χ2n) is 7.19. The Bertz CT molecular complexity index is 919. The van der Waals surface area contributed by atoms with Gasteiger partial charge in [-0.05, 0) is 50.6 Å². The molecule has 0 spiro atoms. The summed E-state index contributed by atoms with van der Waals surface area (Å²) in [6.45, 7) is 7.51. The first-order chi connectivity index (χ1) is 15.5. The molecular weight excluding hydrogens is 412 g/mol. The van der Waals surface area contributed by atoms with Crippen molar-refractivity contribution in [3.05, 3.63) is 42.0 Å². The summed E-state index contributed by atoms with van der Waals surface area (Å²) in [5.74, 6) is 1.23. The Kier molecular flexibility index (Phi) is 8.19. The largest absolute Gasteiger partial charge is 0.491 e. The Morgan fingerprint density at radius 1 is 1.06 bits per heavy atom. The van der Waals surface area contributed by atoms with Crippen molar-refractivity contribution in [2.45, 2.75) is 33.7 Å². The van der Waals surface area contributed by atoms with Crippen LogP contribution in [-0.4, -0.2) is 38.2 Å². The van der Waals surface area contributed by atoms with Crippen molar-refractivity contribution in [2.75, 3.05) is 31.7 Å². The molecule has 3 rings (SSSR count). The lowest BCUT2D eigenvalue weighted by molar-refractivity contribution is -0.128. The van der Waals surface area contributed by atoms with Gasteiger partial charge in [0.2, 0.25) is 17.6 Å². The van der Waals surface area contributed by atoms with Gasteiger partial charge in [-0.2, -0.15) is 0 Å². The van der Waals surface area contributed by atoms with Gasteiger partial charge in [0.1, 0.15) is 12.4 Å². The molecule has 172 valence electrons. The van der Waals surface area contributed by atoms with Crippen molar-refractivity contribution in [1.82, 2.24) is 5.32 Å². The lowest BCUT2D eigenvalue weighted by Gasteiger charge is -2.18. The summed E-state index contributed by atoms with van der Waals surface area (Å²) >= 11 is 0. The van der Waals surface area contributed by atoms with Crippen LogP contribution in [0.25, 0.3) is 0 Å². The molecular formula is C24H30N2O6. The zero-order valence-electron chi connectivity index (χ0n) is 18.7. The fraction of sp³-hybridized carbons (Fsp3) is 0.417. The number of amides is 2. The van der Waals surface area contributed by atoms with Crippen LogP contribution >= 0.6 is 0 Å². The van der Waals surface area contributed by atoms with E-state index in [0.29, 0.717) is 48.5 Å². The van der Waals surface area contributed by atoms with Crippen LogP contribution in [0.5, 0.6) is 23.0 Å². The van der Waals surface area contributed by atoms with Crippen molar-refractivity contribution in [3.8, 4) is 23.0 Å². The highest BCUT2D eigenvalue weighted by atomic mass is 16.5. The molecule has 0 fully saturated rings. The van der Waals surface area contributed by atoms with Crippen molar-refractivity contribution in [2.24, 2.45) is 5.92 Å². The molecule has 1 atom stereocenters. The van der Waals surface area contributed by atoms with Crippen LogP contribution in [-0.2, 0) is 16.1 Å². The first-order valence-electron chi connectivity index (χ1n) is 10.9. The minimum absolute atomic E-state index is 0.0213. The van der Waals surface area contributed by atoms with Crippen LogP contribution in [0.3, 0.4) is 0 Å². The van der Waals surface area contributed by atoms with Crippen molar-refractivity contribution < 1.29 is 28.5 Å². The smallest absolute Gasteiger partial charge is 0.231 e. The normalized spacial score (nSPS) is 15.0. The van der Waals surface area contributed by atoms with Gasteiger partial charge in [-0.25, -0.2) is 0 Å². The topological polar surface area (TPSA) is 95.1 Å². The molecule has 32 heavy (non-hydrogen) atoms. The number of carbonyl (C=O) groups is 2. The number of benzene rings is 2. The number of nitrogens with one attached hydrogen (secondary N) is 2. The standard InChI is InChI=1S/C24H30N2O6/c1-4-29-20-11-16(12-21(30-5-2)23(20)31-6-3)14-25-22(27)13-17-15-32-19-10-8-7-9-18(19)26-24(17)28/h7-12,17H,4-6,13-15H2,1-3H3,(H,25,27)(H,26,28)/t17-/m1/s1. The maximum absolute atomic E-state index is 12.6. The lowest BCUT2D eigenvalue weighted by Crippen LogP contribution is -2.32. The molecule has 2 aromatic rings. The molecule has 0 unspecified atom stereocenters. The highest BCUT2D eigenvalue weighted by Crippen LogP contribution is 2.39. The monoisotopic (exact) mass is 442 g/mol. The van der Waals surface area contributed by atoms with Crippen LogP contribution < -0.4 is 29.6 Å². The van der Waals surface area contributed by atoms with E-state index in [0.717, 1.165) is 5.56 Å². The molecule has 0 radical (unpaired) electrons. The maximum atomic E-state index is 12.6. The van der Waals surface area contributed by atoms with E-state index < -0.39 is 5.92 Å². The van der Waals surface area contributed by atoms with Gasteiger partial charge in [0.05, 0.1) is 31.4 Å². The summed E-state index contributed by atoms with van der Waals surface area (Å²) < 4.78 is 22.8. The summed E-state index contributed by atoms with van der Waals surface area (Å²) in [7, 11) is 0. The highest BCUT2D eigenvalue weighted by molar-refractivity contribution is 5.97. The number of rotatable bonds is 10. The Morgan fingerprint density at radius 3 is 2.38 bits per heavy atom. The van der Waals surface area contributed by atoms with Crippen molar-refractivity contribution in [1.29, 1.82) is 0 Å². The number of hydrogen-bond donors (Lipinski definition) is 2. The predicted octanol–water partition coefficient (Wildman–Crippen LogP) is 3.54. The zero-order valence-corrected chi connectivity index (χ0v) is 18.7. The molecule has 8 heteroatoms. The summed E-state index contributed by atoms with van der Waals surface area (Å²) in [6, 6.07) is 10.9. The average molecular weight is 443 g/mol. The number of carbonyl (C=O) groups excluding carboxylic acids is 2. The predicted molar refractivity (Wildman–Crippen MR) is 120 cm³/mol. The SMILES string of the molecule is CCOc1cc(CNC(=O)C[C@@H]2COc3ccccc3NC2=O)cc(OCC)c1OCC. The first kappa shape index (κ1) is 23.2. The number of para-hydroxylation sites is 2. The summed E-state index contributed by atoms with van der Waals surface area (Å²) in [5.41, 5.74) is 1.42. The lowest BCUT2D eigenvalue weighted by atomic mass is 10.1. The molecule has 2 aromatic carbocycles. The third-order valence-electron chi connectivity index (χ3n) is 4.85. The minimum Gasteiger partial charge on any atom is -0.491 e. The minimum atomic E-state index is -0.583. The van der Waals surface area contributed by atoms with Gasteiger partial charge in [0.15, 0.2) is 11.5 Å². The van der Waals surface area contributed by atoms with E-state index in [9.17, 15) is 9.59 Å². The quantitative estimate of drug-likeness (QED) is 0.585. The fourth-order valence-corrected chi connectivity index (χ4v) is 3.39. The maximum Gasteiger partial charge on any atom is 0.231 e. The molecule has 1 aliphatic heterocycles. The van der Waals surface area contributed by atoms with E-state index in [-0.39, 0.29) is 31.4 Å². The molecule has 0 aliphatic carbocycles. The van der Waals surface area contributed by atoms with Crippen molar-refractivity contribution in [3.63, 3.8) is 0 Å². The van der Waals surface area contributed by atoms with Crippen LogP contribution in [0.15, 0.2) is 36.4 Å². The van der Waals surface area contributed by atoms with Crippen molar-refractivity contribution >= 4 is 17.5 Å². The average Bonchev–Trinajstić information content (AvgIpc) is 2.93. The van der Waals surface area contributed by atoms with E-state index in [1.807, 2.05) is 45.0 Å². The van der Waals surface area contributed by atoms with E-state index in [1.54, 1.807) is 12.1 Å². The second-order valence-corrected chi connectivity index (χ2v) is 7.19. The highest BCUT2D eigenvalue weighted by Gasteiger charge is 2.27. The Balaban J connectivity index is 1.64. The van der Waals surface area contributed by atoms with E-state index >= 15 is 0 Å². The van der Waals surface area contributed by atoms with E-state index in [4.69, 9.17) is 18.9 Å². The molecule has 2 amide bonds. The molecule has 0 saturated heterocycles. The van der Waals surface area contributed by atoms with E-state index in [2.05, 4.69) is 10.6 Å². The van der Waals surface area contributed by atoms with Gasteiger partial charge in [-0.3, -0.25) is 9.59 Å². The molecule has 0 aromatic heterocycles. The Morgan fingerprint density at radius 2 is 1.72 bits per heavy atom. The third kappa shape index (κ3) is 5.84. The van der Waals surface area contributed by atoms with Crippen LogP contribution in [0.4, 0.5) is 5.69 Å². The molecule has 0 saturated carbocycles. The third-order valence-corrected chi connectivity index (χ3v) is 4.85. The van der Waals surface area contributed by atoms with Crippen LogP contribution in [0.1, 0.15) is 32.8 Å². The molecule has 1 heterocycles. The summed E-state index contributed by atoms with van der Waals surface area (Å²) in [5, 5.41) is 5.69. The summed E-state index contributed by atoms with van der Waals surface area (Å²) in [6.07, 6.45) is 0.0213. The van der Waals surface area contributed by atoms with Crippen LogP contribution in [0, 0.1) is 5.92 Å². The molecule has 1 aliphatic rings. The second kappa shape index (κ2) is 11.3. The molecule has 2 N–H and O–H groups in total. The fourth-order valence-electron chi connectivity index (χ4n) is 3.39. The Labute approximate surface area is 188 Å². The zero-order chi connectivity index (χ0) is 22.9. The van der Waals surface area contributed by atoms with Gasteiger partial charge in [-0.1, -0.05) is 12.1 Å².